The molecule has 1 aliphatic heterocycles. The van der Waals surface area contributed by atoms with E-state index in [2.05, 4.69) is 36.3 Å². The fourth-order valence-electron chi connectivity index (χ4n) is 1.75. The first-order valence-corrected chi connectivity index (χ1v) is 6.42. The van der Waals surface area contributed by atoms with Gasteiger partial charge < -0.3 is 24.6 Å². The highest BCUT2D eigenvalue weighted by atomic mass is 16.5. The summed E-state index contributed by atoms with van der Waals surface area (Å²) in [6.07, 6.45) is 0.329. The van der Waals surface area contributed by atoms with Crippen molar-refractivity contribution in [2.75, 3.05) is 73.7 Å². The van der Waals surface area contributed by atoms with E-state index in [0.717, 1.165) is 52.5 Å². The van der Waals surface area contributed by atoms with Crippen molar-refractivity contribution in [3.63, 3.8) is 0 Å². The van der Waals surface area contributed by atoms with E-state index in [0.29, 0.717) is 6.10 Å². The Hall–Kier alpha value is -0.200. The van der Waals surface area contributed by atoms with Crippen molar-refractivity contribution in [2.45, 2.75) is 6.10 Å². The molecule has 1 unspecified atom stereocenters. The minimum absolute atomic E-state index is 0.329. The fourth-order valence-corrected chi connectivity index (χ4v) is 1.75. The molecule has 0 aliphatic carbocycles. The van der Waals surface area contributed by atoms with E-state index < -0.39 is 0 Å². The number of rotatable bonds is 8. The van der Waals surface area contributed by atoms with Gasteiger partial charge in [0.15, 0.2) is 0 Å². The minimum atomic E-state index is 0.329. The first-order valence-electron chi connectivity index (χ1n) is 6.42. The molecule has 1 heterocycles. The van der Waals surface area contributed by atoms with E-state index in [1.807, 2.05) is 0 Å². The van der Waals surface area contributed by atoms with Gasteiger partial charge >= 0.3 is 0 Å². The summed E-state index contributed by atoms with van der Waals surface area (Å²) in [6.45, 7) is 7.30. The normalized spacial score (nSPS) is 22.2. The van der Waals surface area contributed by atoms with Crippen molar-refractivity contribution < 1.29 is 9.47 Å². The van der Waals surface area contributed by atoms with E-state index in [4.69, 9.17) is 9.47 Å². The molecule has 1 aliphatic rings. The van der Waals surface area contributed by atoms with Crippen molar-refractivity contribution >= 4 is 0 Å². The van der Waals surface area contributed by atoms with Gasteiger partial charge in [0.1, 0.15) is 0 Å². The lowest BCUT2D eigenvalue weighted by Gasteiger charge is -2.30. The van der Waals surface area contributed by atoms with Crippen molar-refractivity contribution in [3.8, 4) is 0 Å². The molecular weight excluding hydrogens is 218 g/mol. The van der Waals surface area contributed by atoms with Gasteiger partial charge in [-0.1, -0.05) is 0 Å². The van der Waals surface area contributed by atoms with E-state index in [1.165, 1.54) is 0 Å². The Kier molecular flexibility index (Phi) is 7.72. The summed E-state index contributed by atoms with van der Waals surface area (Å²) in [5, 5.41) is 3.37. The van der Waals surface area contributed by atoms with Crippen LogP contribution in [-0.4, -0.2) is 89.6 Å². The molecule has 5 nitrogen and oxygen atoms in total. The first-order chi connectivity index (χ1) is 8.18. The molecule has 0 aromatic heterocycles. The standard InChI is InChI=1S/C12H27N3O2/c1-14(2)5-8-16-7-4-13-10-12-11-15(3)6-9-17-12/h12-13H,4-11H2,1-3H3. The number of ether oxygens (including phenoxy) is 2. The van der Waals surface area contributed by atoms with Gasteiger partial charge in [-0.05, 0) is 21.1 Å². The van der Waals surface area contributed by atoms with Gasteiger partial charge in [-0.15, -0.1) is 0 Å². The van der Waals surface area contributed by atoms with Crippen LogP contribution >= 0.6 is 0 Å². The molecule has 1 fully saturated rings. The highest BCUT2D eigenvalue weighted by molar-refractivity contribution is 4.70. The summed E-state index contributed by atoms with van der Waals surface area (Å²) in [7, 11) is 6.25. The second-order valence-corrected chi connectivity index (χ2v) is 4.87. The second kappa shape index (κ2) is 8.83. The largest absolute Gasteiger partial charge is 0.379 e. The SMILES string of the molecule is CN(C)CCOCCNCC1CN(C)CCO1. The number of hydrogen-bond acceptors (Lipinski definition) is 5. The maximum Gasteiger partial charge on any atom is 0.0826 e. The number of nitrogens with zero attached hydrogens (tertiary/aromatic N) is 2. The van der Waals surface area contributed by atoms with Gasteiger partial charge in [0.2, 0.25) is 0 Å². The molecule has 1 atom stereocenters. The van der Waals surface area contributed by atoms with Crippen LogP contribution in [0.1, 0.15) is 0 Å². The third-order valence-corrected chi connectivity index (χ3v) is 2.82. The quantitative estimate of drug-likeness (QED) is 0.583. The van der Waals surface area contributed by atoms with Crippen molar-refractivity contribution in [2.24, 2.45) is 0 Å². The molecule has 0 aromatic rings. The average molecular weight is 245 g/mol. The van der Waals surface area contributed by atoms with Gasteiger partial charge in [0.05, 0.1) is 25.9 Å². The molecule has 5 heteroatoms. The number of morpholine rings is 1. The van der Waals surface area contributed by atoms with Crippen LogP contribution in [0.15, 0.2) is 0 Å². The first kappa shape index (κ1) is 14.9. The van der Waals surface area contributed by atoms with Gasteiger partial charge in [-0.25, -0.2) is 0 Å². The summed E-state index contributed by atoms with van der Waals surface area (Å²) in [6, 6.07) is 0. The Balaban J connectivity index is 1.86. The van der Waals surface area contributed by atoms with E-state index in [1.54, 1.807) is 0 Å². The highest BCUT2D eigenvalue weighted by Gasteiger charge is 2.16. The summed E-state index contributed by atoms with van der Waals surface area (Å²) < 4.78 is 11.2. The van der Waals surface area contributed by atoms with Crippen molar-refractivity contribution in [1.82, 2.24) is 15.1 Å². The number of likely N-dealkylation sites (N-methyl/N-ethyl adjacent to an activating group) is 2. The maximum atomic E-state index is 5.66. The van der Waals surface area contributed by atoms with Gasteiger partial charge in [0, 0.05) is 32.7 Å². The molecule has 0 saturated carbocycles. The predicted molar refractivity (Wildman–Crippen MR) is 69.5 cm³/mol. The van der Waals surface area contributed by atoms with Crippen LogP contribution < -0.4 is 5.32 Å². The van der Waals surface area contributed by atoms with Crippen LogP contribution in [0.3, 0.4) is 0 Å². The van der Waals surface area contributed by atoms with Crippen LogP contribution in [0.5, 0.6) is 0 Å². The highest BCUT2D eigenvalue weighted by Crippen LogP contribution is 2.01. The van der Waals surface area contributed by atoms with Crippen LogP contribution in [-0.2, 0) is 9.47 Å². The second-order valence-electron chi connectivity index (χ2n) is 4.87. The Morgan fingerprint density at radius 2 is 2.24 bits per heavy atom. The van der Waals surface area contributed by atoms with E-state index in [9.17, 15) is 0 Å². The predicted octanol–water partition coefficient (Wildman–Crippen LogP) is -0.515. The summed E-state index contributed by atoms with van der Waals surface area (Å²) in [5.74, 6) is 0. The molecule has 102 valence electrons. The van der Waals surface area contributed by atoms with Crippen LogP contribution in [0, 0.1) is 0 Å². The van der Waals surface area contributed by atoms with Crippen molar-refractivity contribution in [1.29, 1.82) is 0 Å². The Morgan fingerprint density at radius 1 is 1.41 bits per heavy atom. The molecule has 1 saturated heterocycles. The fraction of sp³-hybridized carbons (Fsp3) is 1.00. The molecular formula is C12H27N3O2. The maximum absolute atomic E-state index is 5.66. The third-order valence-electron chi connectivity index (χ3n) is 2.82. The zero-order valence-electron chi connectivity index (χ0n) is 11.4. The summed E-state index contributed by atoms with van der Waals surface area (Å²) in [4.78, 5) is 4.43. The van der Waals surface area contributed by atoms with E-state index in [-0.39, 0.29) is 0 Å². The lowest BCUT2D eigenvalue weighted by Crippen LogP contribution is -2.45. The van der Waals surface area contributed by atoms with E-state index >= 15 is 0 Å². The summed E-state index contributed by atoms with van der Waals surface area (Å²) in [5.41, 5.74) is 0. The molecule has 17 heavy (non-hydrogen) atoms. The molecule has 0 amide bonds. The smallest absolute Gasteiger partial charge is 0.0826 e. The zero-order valence-corrected chi connectivity index (χ0v) is 11.4. The Morgan fingerprint density at radius 3 is 2.94 bits per heavy atom. The van der Waals surface area contributed by atoms with Gasteiger partial charge in [-0.2, -0.15) is 0 Å². The lowest BCUT2D eigenvalue weighted by atomic mass is 10.3. The molecule has 1 rings (SSSR count). The number of hydrogen-bond donors (Lipinski definition) is 1. The van der Waals surface area contributed by atoms with Crippen molar-refractivity contribution in [3.05, 3.63) is 0 Å². The Bertz CT molecular complexity index is 191. The average Bonchev–Trinajstić information content (AvgIpc) is 2.27. The molecule has 1 N–H and O–H groups in total. The van der Waals surface area contributed by atoms with Crippen LogP contribution in [0.25, 0.3) is 0 Å². The number of nitrogens with one attached hydrogen (secondary N) is 1. The molecule has 0 bridgehead atoms. The van der Waals surface area contributed by atoms with Crippen LogP contribution in [0.4, 0.5) is 0 Å². The molecule has 0 spiro atoms. The Labute approximate surface area is 105 Å². The third kappa shape index (κ3) is 7.68. The molecule has 0 radical (unpaired) electrons. The zero-order chi connectivity index (χ0) is 12.5. The van der Waals surface area contributed by atoms with Crippen LogP contribution in [0.2, 0.25) is 0 Å². The monoisotopic (exact) mass is 245 g/mol. The summed E-state index contributed by atoms with van der Waals surface area (Å²) >= 11 is 0. The molecule has 0 aromatic carbocycles. The minimum Gasteiger partial charge on any atom is -0.379 e. The van der Waals surface area contributed by atoms with Gasteiger partial charge in [-0.3, -0.25) is 0 Å². The van der Waals surface area contributed by atoms with Gasteiger partial charge in [0.25, 0.3) is 0 Å². The topological polar surface area (TPSA) is 37.0 Å². The lowest BCUT2D eigenvalue weighted by molar-refractivity contribution is -0.0187.